The van der Waals surface area contributed by atoms with Crippen LogP contribution < -0.4 is 5.73 Å². The smallest absolute Gasteiger partial charge is 0.435 e. The Morgan fingerprint density at radius 1 is 1.20 bits per heavy atom. The fourth-order valence-corrected chi connectivity index (χ4v) is 0.876. The summed E-state index contributed by atoms with van der Waals surface area (Å²) >= 11 is 0. The molecule has 0 bridgehead atoms. The van der Waals surface area contributed by atoms with Crippen LogP contribution in [-0.2, 0) is 21.9 Å². The van der Waals surface area contributed by atoms with Gasteiger partial charge in [0.15, 0.2) is 11.4 Å². The van der Waals surface area contributed by atoms with Crippen LogP contribution in [0.1, 0.15) is 18.3 Å². The third kappa shape index (κ3) is 5.71. The lowest BCUT2D eigenvalue weighted by molar-refractivity contribution is -0.167. The number of hydrogen-bond donors (Lipinski definition) is 1. The average Bonchev–Trinajstić information content (AvgIpc) is 2.28. The molecule has 0 saturated carbocycles. The molecule has 11 heteroatoms. The summed E-state index contributed by atoms with van der Waals surface area (Å²) in [6.45, 7) is 2.66. The highest BCUT2D eigenvalue weighted by Gasteiger charge is 2.46. The molecule has 0 radical (unpaired) electrons. The average molecular weight is 305 g/mol. The van der Waals surface area contributed by atoms with Gasteiger partial charge in [-0.15, -0.1) is 0 Å². The highest BCUT2D eigenvalue weighted by Crippen LogP contribution is 2.37. The largest absolute Gasteiger partial charge is 0.468 e. The van der Waals surface area contributed by atoms with Gasteiger partial charge >= 0.3 is 12.4 Å². The van der Waals surface area contributed by atoms with Crippen molar-refractivity contribution in [1.82, 2.24) is 9.97 Å². The van der Waals surface area contributed by atoms with Gasteiger partial charge < -0.3 is 10.5 Å². The Labute approximate surface area is 108 Å². The van der Waals surface area contributed by atoms with E-state index in [-0.39, 0.29) is 0 Å². The zero-order valence-electron chi connectivity index (χ0n) is 9.92. The van der Waals surface area contributed by atoms with Crippen LogP contribution in [0, 0.1) is 0 Å². The van der Waals surface area contributed by atoms with Crippen molar-refractivity contribution in [1.29, 1.82) is 0 Å². The van der Waals surface area contributed by atoms with E-state index < -0.39 is 29.6 Å². The van der Waals surface area contributed by atoms with Crippen molar-refractivity contribution in [3.63, 3.8) is 0 Å². The number of nitrogens with two attached hydrogens (primary N) is 1. The van der Waals surface area contributed by atoms with Crippen molar-refractivity contribution in [2.45, 2.75) is 19.3 Å². The predicted molar refractivity (Wildman–Crippen MR) is 54.1 cm³/mol. The number of rotatable bonds is 2. The summed E-state index contributed by atoms with van der Waals surface area (Å²) in [5.74, 6) is -0.727. The van der Waals surface area contributed by atoms with Gasteiger partial charge in [0.1, 0.15) is 5.82 Å². The predicted octanol–water partition coefficient (Wildman–Crippen LogP) is 2.28. The van der Waals surface area contributed by atoms with Crippen molar-refractivity contribution in [2.24, 2.45) is 0 Å². The van der Waals surface area contributed by atoms with Gasteiger partial charge in [-0.25, -0.2) is 9.97 Å². The number of anilines is 1. The van der Waals surface area contributed by atoms with E-state index in [1.54, 1.807) is 6.92 Å². The van der Waals surface area contributed by atoms with Crippen LogP contribution in [0.25, 0.3) is 0 Å². The van der Waals surface area contributed by atoms with Gasteiger partial charge in [0, 0.05) is 0 Å². The van der Waals surface area contributed by atoms with E-state index in [4.69, 9.17) is 5.73 Å². The lowest BCUT2D eigenvalue weighted by Crippen LogP contribution is -2.21. The maximum atomic E-state index is 12.1. The molecule has 1 rings (SSSR count). The minimum absolute atomic E-state index is 0.415. The van der Waals surface area contributed by atoms with E-state index in [9.17, 15) is 31.1 Å². The molecule has 114 valence electrons. The van der Waals surface area contributed by atoms with Gasteiger partial charge in [0.25, 0.3) is 6.47 Å². The molecule has 0 amide bonds. The first kappa shape index (κ1) is 17.9. The summed E-state index contributed by atoms with van der Waals surface area (Å²) in [6, 6.07) is 0. The van der Waals surface area contributed by atoms with Crippen LogP contribution in [0.2, 0.25) is 0 Å². The van der Waals surface area contributed by atoms with Gasteiger partial charge in [-0.05, 0) is 6.92 Å². The van der Waals surface area contributed by atoms with Crippen LogP contribution >= 0.6 is 0 Å². The number of nitrogen functional groups attached to an aromatic ring is 1. The van der Waals surface area contributed by atoms with Crippen LogP contribution in [0.4, 0.5) is 32.2 Å². The van der Waals surface area contributed by atoms with E-state index in [1.165, 1.54) is 0 Å². The first-order valence-electron chi connectivity index (χ1n) is 4.86. The molecule has 2 N–H and O–H groups in total. The van der Waals surface area contributed by atoms with Crippen LogP contribution in [-0.4, -0.2) is 23.0 Å². The van der Waals surface area contributed by atoms with Crippen molar-refractivity contribution >= 4 is 12.3 Å². The quantitative estimate of drug-likeness (QED) is 0.670. The Balaban J connectivity index is 0.000000621. The molecular formula is C9H9F6N3O2. The summed E-state index contributed by atoms with van der Waals surface area (Å²) in [5, 5.41) is 0. The van der Waals surface area contributed by atoms with E-state index in [1.807, 2.05) is 0 Å². The molecule has 0 saturated heterocycles. The number of nitrogens with zero attached hydrogens (tertiary/aromatic N) is 2. The molecule has 1 aromatic rings. The minimum Gasteiger partial charge on any atom is -0.468 e. The van der Waals surface area contributed by atoms with Crippen LogP contribution in [0.5, 0.6) is 0 Å². The third-order valence-corrected chi connectivity index (χ3v) is 1.56. The molecule has 0 aliphatic carbocycles. The lowest BCUT2D eigenvalue weighted by Gasteiger charge is -2.13. The van der Waals surface area contributed by atoms with Crippen molar-refractivity contribution in [3.05, 3.63) is 17.6 Å². The monoisotopic (exact) mass is 305 g/mol. The molecule has 0 aliphatic rings. The summed E-state index contributed by atoms with van der Waals surface area (Å²) < 4.78 is 76.7. The minimum atomic E-state index is -5.24. The molecule has 5 nitrogen and oxygen atoms in total. The Morgan fingerprint density at radius 3 is 2.00 bits per heavy atom. The fraction of sp³-hybridized carbons (Fsp3) is 0.444. The highest BCUT2D eigenvalue weighted by atomic mass is 19.4. The Hall–Kier alpha value is -2.07. The highest BCUT2D eigenvalue weighted by molar-refractivity contribution is 5.36. The molecule has 1 heterocycles. The topological polar surface area (TPSA) is 78.1 Å². The second kappa shape index (κ2) is 6.91. The molecule has 20 heavy (non-hydrogen) atoms. The van der Waals surface area contributed by atoms with E-state index in [0.717, 1.165) is 0 Å². The zero-order chi connectivity index (χ0) is 16.0. The Kier molecular flexibility index (Phi) is 6.20. The molecular weight excluding hydrogens is 296 g/mol. The van der Waals surface area contributed by atoms with E-state index in [0.29, 0.717) is 19.3 Å². The number of aromatic nitrogens is 2. The van der Waals surface area contributed by atoms with Gasteiger partial charge in [-0.1, -0.05) is 0 Å². The van der Waals surface area contributed by atoms with Gasteiger partial charge in [-0.3, -0.25) is 4.79 Å². The molecule has 0 fully saturated rings. The molecule has 0 atom stereocenters. The molecule has 0 spiro atoms. The normalized spacial score (nSPS) is 11.3. The van der Waals surface area contributed by atoms with Gasteiger partial charge in [0.05, 0.1) is 12.8 Å². The summed E-state index contributed by atoms with van der Waals surface area (Å²) in [7, 11) is 0. The zero-order valence-corrected chi connectivity index (χ0v) is 9.92. The number of carbonyl (C=O) groups is 1. The molecule has 0 unspecified atom stereocenters. The van der Waals surface area contributed by atoms with Gasteiger partial charge in [0.2, 0.25) is 0 Å². The second-order valence-corrected chi connectivity index (χ2v) is 3.04. The Bertz CT molecular complexity index is 446. The van der Waals surface area contributed by atoms with Crippen molar-refractivity contribution in [3.8, 4) is 0 Å². The second-order valence-electron chi connectivity index (χ2n) is 3.04. The van der Waals surface area contributed by atoms with Crippen LogP contribution in [0.3, 0.4) is 0 Å². The van der Waals surface area contributed by atoms with Crippen molar-refractivity contribution in [2.75, 3.05) is 12.3 Å². The number of halogens is 6. The van der Waals surface area contributed by atoms with Gasteiger partial charge in [-0.2, -0.15) is 26.3 Å². The standard InChI is InChI=1S/C6H3F6N3.C3H6O2/c7-5(8,9)3-4(6(10,11)12)15-2(13)1-14-3;1-2-5-3-4/h1H,(H2,13,15);3H,2H2,1H3. The summed E-state index contributed by atoms with van der Waals surface area (Å²) in [5.41, 5.74) is 0.604. The number of hydrogen-bond acceptors (Lipinski definition) is 5. The summed E-state index contributed by atoms with van der Waals surface area (Å²) in [4.78, 5) is 14.3. The third-order valence-electron chi connectivity index (χ3n) is 1.56. The molecule has 0 aromatic carbocycles. The molecule has 0 aliphatic heterocycles. The van der Waals surface area contributed by atoms with Crippen molar-refractivity contribution < 1.29 is 35.9 Å². The summed E-state index contributed by atoms with van der Waals surface area (Å²) in [6.07, 6.45) is -10.0. The maximum Gasteiger partial charge on any atom is 0.435 e. The maximum absolute atomic E-state index is 12.1. The number of ether oxygens (including phenoxy) is 1. The first-order valence-corrected chi connectivity index (χ1v) is 4.86. The first-order chi connectivity index (χ1) is 9.04. The SMILES string of the molecule is CCOC=O.Nc1cnc(C(F)(F)F)c(C(F)(F)F)n1. The molecule has 1 aromatic heterocycles. The van der Waals surface area contributed by atoms with Crippen LogP contribution in [0.15, 0.2) is 6.20 Å². The number of carbonyl (C=O) groups excluding carboxylic acids is 1. The fourth-order valence-electron chi connectivity index (χ4n) is 0.876. The lowest BCUT2D eigenvalue weighted by atomic mass is 10.3. The Morgan fingerprint density at radius 2 is 1.70 bits per heavy atom. The number of alkyl halides is 6. The van der Waals surface area contributed by atoms with E-state index >= 15 is 0 Å². The van der Waals surface area contributed by atoms with E-state index in [2.05, 4.69) is 14.7 Å².